The molecule has 0 spiro atoms. The van der Waals surface area contributed by atoms with Crippen molar-refractivity contribution in [1.82, 2.24) is 35.3 Å². The number of anilines is 1. The van der Waals surface area contributed by atoms with Gasteiger partial charge >= 0.3 is 12.1 Å². The molecule has 2 aromatic heterocycles. The van der Waals surface area contributed by atoms with Crippen LogP contribution in [0.1, 0.15) is 62.6 Å². The maximum Gasteiger partial charge on any atom is 0.410 e. The Balaban J connectivity index is 1.16. The normalized spacial score (nSPS) is 17.5. The van der Waals surface area contributed by atoms with Crippen molar-refractivity contribution in [2.45, 2.75) is 76.5 Å². The Morgan fingerprint density at radius 2 is 1.79 bits per heavy atom. The van der Waals surface area contributed by atoms with Gasteiger partial charge in [0.1, 0.15) is 18.8 Å². The average molecular weight is 665 g/mol. The van der Waals surface area contributed by atoms with E-state index in [1.54, 1.807) is 10.9 Å². The highest BCUT2D eigenvalue weighted by atomic mass is 19.1. The number of amides is 2. The average Bonchev–Trinajstić information content (AvgIpc) is 3.84. The van der Waals surface area contributed by atoms with Gasteiger partial charge < -0.3 is 25.8 Å². The number of ether oxygens (including phenoxy) is 1. The van der Waals surface area contributed by atoms with Crippen LogP contribution < -0.4 is 16.0 Å². The molecule has 2 amide bonds. The fourth-order valence-electron chi connectivity index (χ4n) is 5.99. The summed E-state index contributed by atoms with van der Waals surface area (Å²) in [6, 6.07) is 9.18. The molecule has 48 heavy (non-hydrogen) atoms. The lowest BCUT2D eigenvalue weighted by molar-refractivity contribution is -0.136. The predicted octanol–water partition coefficient (Wildman–Crippen LogP) is 3.90. The molecular weight excluding hydrogens is 619 g/mol. The van der Waals surface area contributed by atoms with E-state index in [0.29, 0.717) is 69.0 Å². The number of carboxylic acids is 1. The SMILES string of the molecule is Cn1ncc(-c2nc(N[C@H]3CC[C@H](N(CC(=O)NCCCCNCC(=O)O)C(=O)OCc4ccccc4)CC3)ncc2F)c1CC1CC1. The van der Waals surface area contributed by atoms with Gasteiger partial charge in [0, 0.05) is 36.9 Å². The third kappa shape index (κ3) is 10.2. The summed E-state index contributed by atoms with van der Waals surface area (Å²) in [7, 11) is 1.87. The number of benzene rings is 1. The Hall–Kier alpha value is -4.59. The second-order valence-corrected chi connectivity index (χ2v) is 12.6. The van der Waals surface area contributed by atoms with Crippen LogP contribution in [0.3, 0.4) is 0 Å². The summed E-state index contributed by atoms with van der Waals surface area (Å²) in [4.78, 5) is 47.1. The molecule has 1 aromatic carbocycles. The summed E-state index contributed by atoms with van der Waals surface area (Å²) in [5.41, 5.74) is 2.75. The molecule has 0 saturated heterocycles. The van der Waals surface area contributed by atoms with Gasteiger partial charge in [0.05, 0.1) is 18.9 Å². The van der Waals surface area contributed by atoms with E-state index in [1.807, 2.05) is 37.4 Å². The van der Waals surface area contributed by atoms with Gasteiger partial charge in [-0.15, -0.1) is 0 Å². The summed E-state index contributed by atoms with van der Waals surface area (Å²) < 4.78 is 22.4. The summed E-state index contributed by atoms with van der Waals surface area (Å²) in [6.45, 7) is 0.813. The number of nitrogens with one attached hydrogen (secondary N) is 3. The molecule has 2 saturated carbocycles. The molecule has 3 aromatic rings. The molecule has 2 heterocycles. The van der Waals surface area contributed by atoms with Crippen LogP contribution in [0.2, 0.25) is 0 Å². The first-order valence-corrected chi connectivity index (χ1v) is 16.7. The van der Waals surface area contributed by atoms with Crippen molar-refractivity contribution in [3.05, 3.63) is 59.8 Å². The quantitative estimate of drug-likeness (QED) is 0.156. The lowest BCUT2D eigenvalue weighted by Crippen LogP contribution is -2.48. The minimum absolute atomic E-state index is 0.00476. The summed E-state index contributed by atoms with van der Waals surface area (Å²) in [5.74, 6) is -0.741. The largest absolute Gasteiger partial charge is 0.480 e. The second-order valence-electron chi connectivity index (χ2n) is 12.6. The van der Waals surface area contributed by atoms with Gasteiger partial charge in [0.25, 0.3) is 0 Å². The highest BCUT2D eigenvalue weighted by molar-refractivity contribution is 5.82. The number of hydrogen-bond donors (Lipinski definition) is 4. The van der Waals surface area contributed by atoms with Crippen LogP contribution in [-0.4, -0.2) is 86.0 Å². The molecule has 13 nitrogen and oxygen atoms in total. The first-order chi connectivity index (χ1) is 23.3. The predicted molar refractivity (Wildman–Crippen MR) is 176 cm³/mol. The number of carbonyl (C=O) groups excluding carboxylic acids is 2. The minimum atomic E-state index is -0.913. The van der Waals surface area contributed by atoms with E-state index in [-0.39, 0.29) is 43.4 Å². The summed E-state index contributed by atoms with van der Waals surface area (Å²) >= 11 is 0. The maximum absolute atomic E-state index is 14.9. The van der Waals surface area contributed by atoms with Crippen LogP contribution in [0, 0.1) is 11.7 Å². The number of carboxylic acid groups (broad SMARTS) is 1. The molecule has 5 rings (SSSR count). The van der Waals surface area contributed by atoms with Crippen molar-refractivity contribution in [1.29, 1.82) is 0 Å². The first kappa shape index (κ1) is 34.7. The van der Waals surface area contributed by atoms with Gasteiger partial charge in [0.15, 0.2) is 5.82 Å². The molecule has 2 aliphatic carbocycles. The number of aryl methyl sites for hydroxylation is 1. The standard InChI is InChI=1S/C34H45FN8O5/c1-42-29(17-23-9-10-23)27(18-39-42)32-28(35)19-38-33(41-32)40-25-11-13-26(14-12-25)43(34(47)48-22-24-7-3-2-4-8-24)21-30(44)37-16-6-5-15-36-20-31(45)46/h2-4,7-8,18-19,23,25-26,36H,5-6,9-17,20-22H2,1H3,(H,37,44)(H,45,46)(H,38,40,41)/t25-,26-. The summed E-state index contributed by atoms with van der Waals surface area (Å²) in [6.07, 6.45) is 9.51. The van der Waals surface area contributed by atoms with Crippen molar-refractivity contribution in [3.8, 4) is 11.3 Å². The monoisotopic (exact) mass is 664 g/mol. The molecule has 2 aliphatic rings. The maximum atomic E-state index is 14.9. The molecule has 2 fully saturated rings. The molecule has 0 radical (unpaired) electrons. The Morgan fingerprint density at radius 1 is 1.04 bits per heavy atom. The molecular formula is C34H45FN8O5. The number of aliphatic carboxylic acids is 1. The number of unbranched alkanes of at least 4 members (excludes halogenated alkanes) is 1. The second kappa shape index (κ2) is 17.0. The molecule has 258 valence electrons. The van der Waals surface area contributed by atoms with Crippen molar-refractivity contribution >= 4 is 23.9 Å². The zero-order chi connectivity index (χ0) is 33.9. The van der Waals surface area contributed by atoms with Gasteiger partial charge in [-0.25, -0.2) is 19.2 Å². The van der Waals surface area contributed by atoms with E-state index in [2.05, 4.69) is 31.0 Å². The van der Waals surface area contributed by atoms with Gasteiger partial charge in [-0.05, 0) is 75.8 Å². The van der Waals surface area contributed by atoms with Crippen LogP contribution in [0.5, 0.6) is 0 Å². The van der Waals surface area contributed by atoms with Gasteiger partial charge in [-0.3, -0.25) is 19.2 Å². The van der Waals surface area contributed by atoms with E-state index in [1.165, 1.54) is 23.9 Å². The lowest BCUT2D eigenvalue weighted by atomic mass is 9.90. The molecule has 0 atom stereocenters. The molecule has 14 heteroatoms. The smallest absolute Gasteiger partial charge is 0.410 e. The van der Waals surface area contributed by atoms with Crippen molar-refractivity contribution in [2.75, 3.05) is 31.5 Å². The highest BCUT2D eigenvalue weighted by Gasteiger charge is 2.32. The Bertz CT molecular complexity index is 1520. The van der Waals surface area contributed by atoms with Crippen LogP contribution in [0.25, 0.3) is 11.3 Å². The van der Waals surface area contributed by atoms with Gasteiger partial charge in [-0.1, -0.05) is 30.3 Å². The Kier molecular flexibility index (Phi) is 12.3. The minimum Gasteiger partial charge on any atom is -0.480 e. The number of hydrogen-bond acceptors (Lipinski definition) is 9. The number of rotatable bonds is 17. The third-order valence-electron chi connectivity index (χ3n) is 8.84. The van der Waals surface area contributed by atoms with Crippen LogP contribution in [0.15, 0.2) is 42.7 Å². The van der Waals surface area contributed by atoms with E-state index in [9.17, 15) is 18.8 Å². The van der Waals surface area contributed by atoms with Gasteiger partial charge in [-0.2, -0.15) is 5.10 Å². The topological polar surface area (TPSA) is 164 Å². The van der Waals surface area contributed by atoms with E-state index >= 15 is 0 Å². The zero-order valence-corrected chi connectivity index (χ0v) is 27.4. The zero-order valence-electron chi connectivity index (χ0n) is 27.4. The molecule has 0 unspecified atom stereocenters. The fourth-order valence-corrected chi connectivity index (χ4v) is 5.99. The molecule has 4 N–H and O–H groups in total. The highest BCUT2D eigenvalue weighted by Crippen LogP contribution is 2.36. The first-order valence-electron chi connectivity index (χ1n) is 16.7. The van der Waals surface area contributed by atoms with Crippen molar-refractivity contribution in [3.63, 3.8) is 0 Å². The molecule has 0 bridgehead atoms. The number of halogens is 1. The number of aromatic nitrogens is 4. The van der Waals surface area contributed by atoms with E-state index in [0.717, 1.165) is 17.7 Å². The van der Waals surface area contributed by atoms with Crippen molar-refractivity contribution < 1.29 is 28.6 Å². The van der Waals surface area contributed by atoms with Crippen LogP contribution in [-0.2, 0) is 34.4 Å². The van der Waals surface area contributed by atoms with Crippen LogP contribution in [0.4, 0.5) is 15.1 Å². The fraction of sp³-hybridized carbons (Fsp3) is 0.529. The Morgan fingerprint density at radius 3 is 2.52 bits per heavy atom. The van der Waals surface area contributed by atoms with Crippen LogP contribution >= 0.6 is 0 Å². The Labute approximate surface area is 279 Å². The summed E-state index contributed by atoms with van der Waals surface area (Å²) in [5, 5.41) is 22.1. The number of nitrogens with zero attached hydrogens (tertiary/aromatic N) is 5. The molecule has 0 aliphatic heterocycles. The van der Waals surface area contributed by atoms with E-state index in [4.69, 9.17) is 9.84 Å². The van der Waals surface area contributed by atoms with E-state index < -0.39 is 17.9 Å². The third-order valence-corrected chi connectivity index (χ3v) is 8.84. The number of carbonyl (C=O) groups is 3. The van der Waals surface area contributed by atoms with Gasteiger partial charge in [0.2, 0.25) is 11.9 Å². The van der Waals surface area contributed by atoms with Crippen molar-refractivity contribution in [2.24, 2.45) is 13.0 Å². The lowest BCUT2D eigenvalue weighted by Gasteiger charge is -2.36.